The molecular weight excluding hydrogens is 194 g/mol. The molecule has 84 valence electrons. The van der Waals surface area contributed by atoms with Gasteiger partial charge in [0.1, 0.15) is 0 Å². The molecule has 0 aromatic carbocycles. The quantitative estimate of drug-likeness (QED) is 0.270. The predicted octanol–water partition coefficient (Wildman–Crippen LogP) is -0.313. The number of nitrogens with zero attached hydrogens (tertiary/aromatic N) is 3. The third kappa shape index (κ3) is 3.59. The molecule has 15 heavy (non-hydrogen) atoms. The fourth-order valence-corrected chi connectivity index (χ4v) is 1.20. The first-order chi connectivity index (χ1) is 7.13. The summed E-state index contributed by atoms with van der Waals surface area (Å²) in [6.07, 6.45) is 2.73. The van der Waals surface area contributed by atoms with Crippen LogP contribution in [0.2, 0.25) is 0 Å². The van der Waals surface area contributed by atoms with Gasteiger partial charge in [-0.2, -0.15) is 5.10 Å². The summed E-state index contributed by atoms with van der Waals surface area (Å²) in [6.45, 7) is 2.59. The number of aromatic nitrogens is 2. The molecule has 0 amide bonds. The molecule has 0 fully saturated rings. The molecule has 0 aliphatic rings. The Bertz CT molecular complexity index is 333. The summed E-state index contributed by atoms with van der Waals surface area (Å²) in [7, 11) is 1.88. The molecule has 0 saturated heterocycles. The summed E-state index contributed by atoms with van der Waals surface area (Å²) in [6, 6.07) is 1.84. The van der Waals surface area contributed by atoms with Gasteiger partial charge >= 0.3 is 0 Å². The van der Waals surface area contributed by atoms with Gasteiger partial charge < -0.3 is 16.3 Å². The van der Waals surface area contributed by atoms with E-state index in [1.165, 1.54) is 0 Å². The highest BCUT2D eigenvalue weighted by atomic mass is 16.4. The Morgan fingerprint density at radius 3 is 3.07 bits per heavy atom. The third-order valence-electron chi connectivity index (χ3n) is 2.16. The standard InChI is InChI=1S/C9H17N5O/c1-7(9(10)13-15)11-5-3-8-4-6-14(2)12-8/h4,6-7,11,15H,3,5H2,1-2H3,(H2,10,13). The lowest BCUT2D eigenvalue weighted by Gasteiger charge is -2.10. The molecule has 0 radical (unpaired) electrons. The van der Waals surface area contributed by atoms with Crippen molar-refractivity contribution in [3.05, 3.63) is 18.0 Å². The van der Waals surface area contributed by atoms with Crippen LogP contribution in [0.4, 0.5) is 0 Å². The molecule has 0 saturated carbocycles. The summed E-state index contributed by atoms with van der Waals surface area (Å²) >= 11 is 0. The van der Waals surface area contributed by atoms with Gasteiger partial charge in [-0.25, -0.2) is 0 Å². The summed E-state index contributed by atoms with van der Waals surface area (Å²) in [5.41, 5.74) is 6.44. The fraction of sp³-hybridized carbons (Fsp3) is 0.556. The average molecular weight is 211 g/mol. The van der Waals surface area contributed by atoms with Crippen molar-refractivity contribution in [2.45, 2.75) is 19.4 Å². The molecule has 6 nitrogen and oxygen atoms in total. The second-order valence-electron chi connectivity index (χ2n) is 3.43. The first kappa shape index (κ1) is 11.5. The molecule has 1 aromatic rings. The van der Waals surface area contributed by atoms with Gasteiger partial charge in [0.15, 0.2) is 5.84 Å². The van der Waals surface area contributed by atoms with E-state index in [4.69, 9.17) is 10.9 Å². The zero-order chi connectivity index (χ0) is 11.3. The lowest BCUT2D eigenvalue weighted by Crippen LogP contribution is -2.39. The van der Waals surface area contributed by atoms with Crippen LogP contribution in [-0.2, 0) is 13.5 Å². The van der Waals surface area contributed by atoms with E-state index < -0.39 is 0 Å². The monoisotopic (exact) mass is 211 g/mol. The van der Waals surface area contributed by atoms with Crippen LogP contribution in [0.5, 0.6) is 0 Å². The molecular formula is C9H17N5O. The maximum Gasteiger partial charge on any atom is 0.156 e. The van der Waals surface area contributed by atoms with E-state index in [0.29, 0.717) is 0 Å². The minimum atomic E-state index is -0.126. The van der Waals surface area contributed by atoms with Crippen LogP contribution in [-0.4, -0.2) is 33.4 Å². The third-order valence-corrected chi connectivity index (χ3v) is 2.16. The molecule has 4 N–H and O–H groups in total. The van der Waals surface area contributed by atoms with Crippen LogP contribution in [0.1, 0.15) is 12.6 Å². The lowest BCUT2D eigenvalue weighted by atomic mass is 10.2. The Labute approximate surface area is 88.8 Å². The van der Waals surface area contributed by atoms with Crippen molar-refractivity contribution in [1.82, 2.24) is 15.1 Å². The zero-order valence-corrected chi connectivity index (χ0v) is 9.01. The van der Waals surface area contributed by atoms with Crippen LogP contribution in [0.15, 0.2) is 17.4 Å². The second kappa shape index (κ2) is 5.35. The normalized spacial score (nSPS) is 14.1. The van der Waals surface area contributed by atoms with Crippen molar-refractivity contribution in [1.29, 1.82) is 0 Å². The molecule has 0 spiro atoms. The number of nitrogens with one attached hydrogen (secondary N) is 1. The van der Waals surface area contributed by atoms with Gasteiger partial charge in [-0.1, -0.05) is 5.16 Å². The second-order valence-corrected chi connectivity index (χ2v) is 3.43. The van der Waals surface area contributed by atoms with Gasteiger partial charge in [0.2, 0.25) is 0 Å². The number of nitrogens with two attached hydrogens (primary N) is 1. The van der Waals surface area contributed by atoms with Crippen molar-refractivity contribution in [3.63, 3.8) is 0 Å². The number of hydrogen-bond donors (Lipinski definition) is 3. The van der Waals surface area contributed by atoms with Crippen molar-refractivity contribution >= 4 is 5.84 Å². The van der Waals surface area contributed by atoms with E-state index in [-0.39, 0.29) is 11.9 Å². The summed E-state index contributed by atoms with van der Waals surface area (Å²) in [4.78, 5) is 0. The lowest BCUT2D eigenvalue weighted by molar-refractivity contribution is 0.315. The van der Waals surface area contributed by atoms with E-state index >= 15 is 0 Å². The number of rotatable bonds is 5. The van der Waals surface area contributed by atoms with Crippen LogP contribution in [0.3, 0.4) is 0 Å². The van der Waals surface area contributed by atoms with Crippen molar-refractivity contribution < 1.29 is 5.21 Å². The van der Waals surface area contributed by atoms with Gasteiger partial charge in [-0.05, 0) is 13.0 Å². The summed E-state index contributed by atoms with van der Waals surface area (Å²) < 4.78 is 1.77. The summed E-state index contributed by atoms with van der Waals surface area (Å²) in [5.74, 6) is 0.191. The molecule has 1 aromatic heterocycles. The SMILES string of the molecule is CC(NCCc1ccn(C)n1)/C(N)=N/O. The van der Waals surface area contributed by atoms with E-state index in [9.17, 15) is 0 Å². The first-order valence-electron chi connectivity index (χ1n) is 4.83. The Hall–Kier alpha value is -1.56. The van der Waals surface area contributed by atoms with E-state index in [1.54, 1.807) is 4.68 Å². The number of oxime groups is 1. The molecule has 0 bridgehead atoms. The Morgan fingerprint density at radius 2 is 2.53 bits per heavy atom. The average Bonchev–Trinajstić information content (AvgIpc) is 2.63. The van der Waals surface area contributed by atoms with Crippen LogP contribution in [0, 0.1) is 0 Å². The van der Waals surface area contributed by atoms with Gasteiger partial charge in [-0.3, -0.25) is 4.68 Å². The molecule has 0 aliphatic heterocycles. The Morgan fingerprint density at radius 1 is 1.80 bits per heavy atom. The smallest absolute Gasteiger partial charge is 0.156 e. The van der Waals surface area contributed by atoms with Crippen LogP contribution in [0.25, 0.3) is 0 Å². The zero-order valence-electron chi connectivity index (χ0n) is 9.01. The molecule has 1 unspecified atom stereocenters. The maximum atomic E-state index is 8.43. The van der Waals surface area contributed by atoms with Crippen molar-refractivity contribution in [2.24, 2.45) is 17.9 Å². The largest absolute Gasteiger partial charge is 0.409 e. The predicted molar refractivity (Wildman–Crippen MR) is 57.8 cm³/mol. The van der Waals surface area contributed by atoms with E-state index in [2.05, 4.69) is 15.6 Å². The molecule has 0 aliphatic carbocycles. The van der Waals surface area contributed by atoms with Crippen molar-refractivity contribution in [2.75, 3.05) is 6.54 Å². The van der Waals surface area contributed by atoms with Crippen molar-refractivity contribution in [3.8, 4) is 0 Å². The number of aryl methyl sites for hydroxylation is 1. The molecule has 1 rings (SSSR count). The highest BCUT2D eigenvalue weighted by Crippen LogP contribution is 1.94. The van der Waals surface area contributed by atoms with Crippen LogP contribution >= 0.6 is 0 Å². The van der Waals surface area contributed by atoms with Gasteiger partial charge in [0, 0.05) is 26.2 Å². The topological polar surface area (TPSA) is 88.5 Å². The van der Waals surface area contributed by atoms with Crippen LogP contribution < -0.4 is 11.1 Å². The number of amidine groups is 1. The highest BCUT2D eigenvalue weighted by Gasteiger charge is 2.06. The molecule has 1 heterocycles. The molecule has 6 heteroatoms. The van der Waals surface area contributed by atoms with Gasteiger partial charge in [-0.15, -0.1) is 0 Å². The van der Waals surface area contributed by atoms with Gasteiger partial charge in [0.05, 0.1) is 11.7 Å². The summed E-state index contributed by atoms with van der Waals surface area (Å²) in [5, 5.41) is 18.7. The molecule has 1 atom stereocenters. The number of hydrogen-bond acceptors (Lipinski definition) is 4. The minimum absolute atomic E-state index is 0.126. The Kier molecular flexibility index (Phi) is 4.11. The Balaban J connectivity index is 2.27. The van der Waals surface area contributed by atoms with E-state index in [1.807, 2.05) is 26.2 Å². The minimum Gasteiger partial charge on any atom is -0.409 e. The highest BCUT2D eigenvalue weighted by molar-refractivity contribution is 5.84. The van der Waals surface area contributed by atoms with E-state index in [0.717, 1.165) is 18.7 Å². The van der Waals surface area contributed by atoms with Gasteiger partial charge in [0.25, 0.3) is 0 Å². The first-order valence-corrected chi connectivity index (χ1v) is 4.83. The fourth-order valence-electron chi connectivity index (χ4n) is 1.20. The maximum absolute atomic E-state index is 8.43.